The molecule has 2 rings (SSSR count). The second-order valence-electron chi connectivity index (χ2n) is 4.27. The van der Waals surface area contributed by atoms with Crippen LogP contribution in [0, 0.1) is 28.5 Å². The van der Waals surface area contributed by atoms with Crippen molar-refractivity contribution in [1.82, 2.24) is 0 Å². The lowest BCUT2D eigenvalue weighted by Gasteiger charge is -2.06. The average molecular weight is 278 g/mol. The van der Waals surface area contributed by atoms with E-state index in [9.17, 15) is 4.39 Å². The van der Waals surface area contributed by atoms with E-state index in [0.29, 0.717) is 12.4 Å². The van der Waals surface area contributed by atoms with E-state index in [1.54, 1.807) is 36.4 Å². The fourth-order valence-corrected chi connectivity index (χ4v) is 1.69. The molecule has 0 aromatic heterocycles. The molecule has 0 atom stereocenters. The Morgan fingerprint density at radius 2 is 1.81 bits per heavy atom. The van der Waals surface area contributed by atoms with Gasteiger partial charge in [-0.05, 0) is 29.3 Å². The second kappa shape index (κ2) is 6.88. The first-order valence-electron chi connectivity index (χ1n) is 6.20. The molecule has 102 valence electrons. The smallest absolute Gasteiger partial charge is 0.130 e. The first kappa shape index (κ1) is 14.3. The molecule has 0 fully saturated rings. The van der Waals surface area contributed by atoms with Gasteiger partial charge < -0.3 is 4.74 Å². The number of hydrogen-bond donors (Lipinski definition) is 0. The highest BCUT2D eigenvalue weighted by Crippen LogP contribution is 2.15. The van der Waals surface area contributed by atoms with E-state index in [0.717, 1.165) is 11.1 Å². The van der Waals surface area contributed by atoms with Crippen LogP contribution in [-0.2, 0) is 6.61 Å². The fourth-order valence-electron chi connectivity index (χ4n) is 1.69. The van der Waals surface area contributed by atoms with Gasteiger partial charge in [-0.15, -0.1) is 0 Å². The molecule has 0 saturated carbocycles. The summed E-state index contributed by atoms with van der Waals surface area (Å²) in [6.07, 6.45) is 1.51. The normalized spacial score (nSPS) is 9.29. The molecule has 0 bridgehead atoms. The summed E-state index contributed by atoms with van der Waals surface area (Å²) in [5, 5.41) is 17.4. The first-order chi connectivity index (χ1) is 10.2. The third kappa shape index (κ3) is 4.19. The van der Waals surface area contributed by atoms with E-state index in [1.807, 2.05) is 12.1 Å². The zero-order chi connectivity index (χ0) is 15.1. The molecule has 0 spiro atoms. The molecular formula is C17H11FN2O. The number of rotatable bonds is 4. The topological polar surface area (TPSA) is 56.8 Å². The number of halogens is 1. The van der Waals surface area contributed by atoms with Crippen molar-refractivity contribution in [3.05, 3.63) is 71.0 Å². The zero-order valence-electron chi connectivity index (χ0n) is 11.1. The lowest BCUT2D eigenvalue weighted by molar-refractivity contribution is 0.304. The lowest BCUT2D eigenvalue weighted by Crippen LogP contribution is -1.95. The highest BCUT2D eigenvalue weighted by molar-refractivity contribution is 5.61. The van der Waals surface area contributed by atoms with Crippen LogP contribution in [0.5, 0.6) is 5.75 Å². The molecule has 0 aliphatic carbocycles. The van der Waals surface area contributed by atoms with Crippen LogP contribution in [0.15, 0.2) is 54.1 Å². The molecule has 0 aliphatic heterocycles. The molecule has 4 heteroatoms. The predicted octanol–water partition coefficient (Wildman–Crippen LogP) is 3.84. The molecule has 0 heterocycles. The SMILES string of the molecule is N#CC(C#N)=Cc1ccc(COc2cccc(F)c2)cc1. The molecule has 0 saturated heterocycles. The number of nitrogens with zero attached hydrogens (tertiary/aromatic N) is 2. The average Bonchev–Trinajstić information content (AvgIpc) is 2.52. The van der Waals surface area contributed by atoms with Gasteiger partial charge in [0.2, 0.25) is 0 Å². The molecule has 2 aromatic rings. The first-order valence-corrected chi connectivity index (χ1v) is 6.20. The van der Waals surface area contributed by atoms with Crippen LogP contribution in [0.1, 0.15) is 11.1 Å². The molecule has 0 N–H and O–H groups in total. The number of nitriles is 2. The highest BCUT2D eigenvalue weighted by atomic mass is 19.1. The Morgan fingerprint density at radius 3 is 2.43 bits per heavy atom. The summed E-state index contributed by atoms with van der Waals surface area (Å²) in [4.78, 5) is 0. The molecule has 0 aliphatic rings. The minimum absolute atomic E-state index is 0.0544. The van der Waals surface area contributed by atoms with Crippen molar-refractivity contribution in [2.45, 2.75) is 6.61 Å². The van der Waals surface area contributed by atoms with Crippen LogP contribution in [-0.4, -0.2) is 0 Å². The fraction of sp³-hybridized carbons (Fsp3) is 0.0588. The summed E-state index contributed by atoms with van der Waals surface area (Å²) in [7, 11) is 0. The summed E-state index contributed by atoms with van der Waals surface area (Å²) in [6.45, 7) is 0.316. The minimum Gasteiger partial charge on any atom is -0.489 e. The standard InChI is InChI=1S/C17H11FN2O/c18-16-2-1-3-17(9-16)21-12-14-6-4-13(5-7-14)8-15(10-19)11-20/h1-9H,12H2. The van der Waals surface area contributed by atoms with Crippen molar-refractivity contribution in [3.63, 3.8) is 0 Å². The predicted molar refractivity (Wildman–Crippen MR) is 76.4 cm³/mol. The van der Waals surface area contributed by atoms with Gasteiger partial charge in [-0.2, -0.15) is 10.5 Å². The third-order valence-corrected chi connectivity index (χ3v) is 2.73. The second-order valence-corrected chi connectivity index (χ2v) is 4.27. The molecule has 0 amide bonds. The Morgan fingerprint density at radius 1 is 1.10 bits per heavy atom. The molecule has 2 aromatic carbocycles. The van der Waals surface area contributed by atoms with E-state index in [2.05, 4.69) is 0 Å². The van der Waals surface area contributed by atoms with E-state index in [4.69, 9.17) is 15.3 Å². The monoisotopic (exact) mass is 278 g/mol. The van der Waals surface area contributed by atoms with E-state index >= 15 is 0 Å². The van der Waals surface area contributed by atoms with Crippen molar-refractivity contribution >= 4 is 6.08 Å². The van der Waals surface area contributed by atoms with Crippen LogP contribution < -0.4 is 4.74 Å². The van der Waals surface area contributed by atoms with Crippen LogP contribution in [0.25, 0.3) is 6.08 Å². The van der Waals surface area contributed by atoms with Gasteiger partial charge in [0.05, 0.1) is 0 Å². The van der Waals surface area contributed by atoms with E-state index < -0.39 is 0 Å². The molecule has 21 heavy (non-hydrogen) atoms. The summed E-state index contributed by atoms with van der Waals surface area (Å²) in [5.74, 6) is 0.128. The maximum absolute atomic E-state index is 13.0. The van der Waals surface area contributed by atoms with Crippen molar-refractivity contribution in [2.24, 2.45) is 0 Å². The Balaban J connectivity index is 2.02. The largest absolute Gasteiger partial charge is 0.489 e. The summed E-state index contributed by atoms with van der Waals surface area (Å²) < 4.78 is 18.5. The maximum Gasteiger partial charge on any atom is 0.130 e. The zero-order valence-corrected chi connectivity index (χ0v) is 11.1. The van der Waals surface area contributed by atoms with Gasteiger partial charge >= 0.3 is 0 Å². The van der Waals surface area contributed by atoms with Gasteiger partial charge in [-0.3, -0.25) is 0 Å². The van der Waals surface area contributed by atoms with Crippen molar-refractivity contribution in [1.29, 1.82) is 10.5 Å². The van der Waals surface area contributed by atoms with Crippen molar-refractivity contribution in [2.75, 3.05) is 0 Å². The number of hydrogen-bond acceptors (Lipinski definition) is 3. The van der Waals surface area contributed by atoms with Crippen LogP contribution in [0.3, 0.4) is 0 Å². The van der Waals surface area contributed by atoms with Gasteiger partial charge in [-0.1, -0.05) is 30.3 Å². The molecular weight excluding hydrogens is 267 g/mol. The summed E-state index contributed by atoms with van der Waals surface area (Å²) in [6, 6.07) is 16.8. The Hall–Kier alpha value is -3.11. The lowest BCUT2D eigenvalue weighted by atomic mass is 10.1. The minimum atomic E-state index is -0.339. The Kier molecular flexibility index (Phi) is 4.69. The number of ether oxygens (including phenoxy) is 1. The van der Waals surface area contributed by atoms with Crippen LogP contribution in [0.4, 0.5) is 4.39 Å². The quantitative estimate of drug-likeness (QED) is 0.798. The Labute approximate surface area is 122 Å². The van der Waals surface area contributed by atoms with Crippen LogP contribution >= 0.6 is 0 Å². The van der Waals surface area contributed by atoms with Gasteiger partial charge in [0.25, 0.3) is 0 Å². The van der Waals surface area contributed by atoms with E-state index in [-0.39, 0.29) is 11.4 Å². The van der Waals surface area contributed by atoms with Crippen molar-refractivity contribution in [3.8, 4) is 17.9 Å². The molecule has 0 radical (unpaired) electrons. The summed E-state index contributed by atoms with van der Waals surface area (Å²) >= 11 is 0. The number of benzene rings is 2. The van der Waals surface area contributed by atoms with Gasteiger partial charge in [0, 0.05) is 6.07 Å². The van der Waals surface area contributed by atoms with Gasteiger partial charge in [0.15, 0.2) is 0 Å². The maximum atomic E-state index is 13.0. The van der Waals surface area contributed by atoms with Gasteiger partial charge in [0.1, 0.15) is 35.9 Å². The van der Waals surface area contributed by atoms with Crippen molar-refractivity contribution < 1.29 is 9.13 Å². The number of allylic oxidation sites excluding steroid dienone is 1. The van der Waals surface area contributed by atoms with E-state index in [1.165, 1.54) is 18.2 Å². The van der Waals surface area contributed by atoms with Gasteiger partial charge in [-0.25, -0.2) is 4.39 Å². The summed E-state index contributed by atoms with van der Waals surface area (Å²) in [5.41, 5.74) is 1.73. The Bertz CT molecular complexity index is 721. The molecule has 0 unspecified atom stereocenters. The van der Waals surface area contributed by atoms with Crippen LogP contribution in [0.2, 0.25) is 0 Å². The highest BCUT2D eigenvalue weighted by Gasteiger charge is 1.99. The third-order valence-electron chi connectivity index (χ3n) is 2.73. The molecule has 3 nitrogen and oxygen atoms in total.